The number of nitro benzene ring substituents is 1. The van der Waals surface area contributed by atoms with Gasteiger partial charge in [-0.15, -0.1) is 11.8 Å². The fourth-order valence-electron chi connectivity index (χ4n) is 1.90. The van der Waals surface area contributed by atoms with Crippen LogP contribution in [0.2, 0.25) is 5.02 Å². The molecule has 0 saturated carbocycles. The van der Waals surface area contributed by atoms with Crippen molar-refractivity contribution in [2.24, 2.45) is 0 Å². The molecule has 0 fully saturated rings. The molecule has 0 aliphatic carbocycles. The van der Waals surface area contributed by atoms with Gasteiger partial charge in [0.1, 0.15) is 0 Å². The summed E-state index contributed by atoms with van der Waals surface area (Å²) in [5.41, 5.74) is 1.38. The number of carbonyl (C=O) groups is 2. The number of benzene rings is 2. The Bertz CT molecular complexity index is 826. The lowest BCUT2D eigenvalue weighted by molar-refractivity contribution is -0.384. The summed E-state index contributed by atoms with van der Waals surface area (Å²) < 4.78 is 4.90. The number of ether oxygens (including phenoxy) is 1. The van der Waals surface area contributed by atoms with Gasteiger partial charge in [0.25, 0.3) is 11.6 Å². The summed E-state index contributed by atoms with van der Waals surface area (Å²) in [6, 6.07) is 11.0. The molecule has 0 aliphatic rings. The molecular formula is C17H15ClN2O5S. The number of aryl methyl sites for hydroxylation is 1. The van der Waals surface area contributed by atoms with Gasteiger partial charge in [-0.25, -0.2) is 0 Å². The number of thioether (sulfide) groups is 1. The minimum atomic E-state index is -0.571. The van der Waals surface area contributed by atoms with Crippen molar-refractivity contribution in [1.29, 1.82) is 0 Å². The predicted octanol–water partition coefficient (Wildman–Crippen LogP) is 3.83. The SMILES string of the molecule is Cc1ccc(NC(=O)COC(=O)CSc2ccc([N+](=O)[O-])cc2)c(Cl)c1. The number of amides is 1. The van der Waals surface area contributed by atoms with E-state index in [0.29, 0.717) is 15.6 Å². The molecule has 0 unspecified atom stereocenters. The van der Waals surface area contributed by atoms with Gasteiger partial charge in [0.05, 0.1) is 21.4 Å². The van der Waals surface area contributed by atoms with Crippen molar-refractivity contribution in [2.75, 3.05) is 17.7 Å². The van der Waals surface area contributed by atoms with E-state index in [9.17, 15) is 19.7 Å². The molecule has 1 amide bonds. The maximum atomic E-state index is 11.8. The Morgan fingerprint density at radius 3 is 2.54 bits per heavy atom. The van der Waals surface area contributed by atoms with Crippen molar-refractivity contribution in [2.45, 2.75) is 11.8 Å². The van der Waals surface area contributed by atoms with Crippen LogP contribution in [-0.4, -0.2) is 29.2 Å². The summed E-state index contributed by atoms with van der Waals surface area (Å²) in [6.45, 7) is 1.45. The number of rotatable bonds is 7. The molecule has 0 bridgehead atoms. The second-order valence-corrected chi connectivity index (χ2v) is 6.69. The highest BCUT2D eigenvalue weighted by molar-refractivity contribution is 8.00. The van der Waals surface area contributed by atoms with E-state index in [-0.39, 0.29) is 11.4 Å². The molecule has 9 heteroatoms. The topological polar surface area (TPSA) is 98.5 Å². The third-order valence-electron chi connectivity index (χ3n) is 3.17. The first-order valence-electron chi connectivity index (χ1n) is 7.44. The number of hydrogen-bond acceptors (Lipinski definition) is 6. The summed E-state index contributed by atoms with van der Waals surface area (Å²) in [5, 5.41) is 13.5. The van der Waals surface area contributed by atoms with Crippen LogP contribution >= 0.6 is 23.4 Å². The largest absolute Gasteiger partial charge is 0.455 e. The monoisotopic (exact) mass is 394 g/mol. The summed E-state index contributed by atoms with van der Waals surface area (Å²) in [7, 11) is 0. The molecule has 26 heavy (non-hydrogen) atoms. The van der Waals surface area contributed by atoms with Crippen LogP contribution in [0.4, 0.5) is 11.4 Å². The van der Waals surface area contributed by atoms with E-state index in [1.165, 1.54) is 12.1 Å². The van der Waals surface area contributed by atoms with E-state index in [1.807, 2.05) is 6.92 Å². The van der Waals surface area contributed by atoms with Crippen molar-refractivity contribution in [3.8, 4) is 0 Å². The number of hydrogen-bond donors (Lipinski definition) is 1. The van der Waals surface area contributed by atoms with Crippen molar-refractivity contribution in [3.63, 3.8) is 0 Å². The van der Waals surface area contributed by atoms with E-state index in [4.69, 9.17) is 16.3 Å². The van der Waals surface area contributed by atoms with Crippen LogP contribution in [0.25, 0.3) is 0 Å². The zero-order chi connectivity index (χ0) is 19.1. The van der Waals surface area contributed by atoms with Gasteiger partial charge in [-0.2, -0.15) is 0 Å². The Morgan fingerprint density at radius 2 is 1.92 bits per heavy atom. The van der Waals surface area contributed by atoms with Crippen LogP contribution in [0.1, 0.15) is 5.56 Å². The van der Waals surface area contributed by atoms with Gasteiger partial charge in [-0.3, -0.25) is 19.7 Å². The number of anilines is 1. The molecule has 0 saturated heterocycles. The molecule has 0 atom stereocenters. The van der Waals surface area contributed by atoms with Gasteiger partial charge >= 0.3 is 5.97 Å². The minimum absolute atomic E-state index is 0.0175. The van der Waals surface area contributed by atoms with E-state index in [0.717, 1.165) is 17.3 Å². The van der Waals surface area contributed by atoms with Crippen molar-refractivity contribution >= 4 is 46.6 Å². The molecule has 136 valence electrons. The van der Waals surface area contributed by atoms with E-state index >= 15 is 0 Å². The Morgan fingerprint density at radius 1 is 1.23 bits per heavy atom. The molecule has 0 spiro atoms. The highest BCUT2D eigenvalue weighted by atomic mass is 35.5. The third kappa shape index (κ3) is 6.05. The lowest BCUT2D eigenvalue weighted by Gasteiger charge is -2.08. The normalized spacial score (nSPS) is 10.2. The van der Waals surface area contributed by atoms with E-state index in [1.54, 1.807) is 30.3 Å². The molecule has 0 radical (unpaired) electrons. The number of nitrogens with one attached hydrogen (secondary N) is 1. The Labute approximate surface area is 158 Å². The van der Waals surface area contributed by atoms with Gasteiger partial charge in [0.2, 0.25) is 0 Å². The van der Waals surface area contributed by atoms with Crippen LogP contribution in [-0.2, 0) is 14.3 Å². The highest BCUT2D eigenvalue weighted by Gasteiger charge is 2.11. The van der Waals surface area contributed by atoms with Crippen LogP contribution < -0.4 is 5.32 Å². The summed E-state index contributed by atoms with van der Waals surface area (Å²) in [4.78, 5) is 34.3. The fourth-order valence-corrected chi connectivity index (χ4v) is 2.88. The average Bonchev–Trinajstić information content (AvgIpc) is 2.61. The summed E-state index contributed by atoms with van der Waals surface area (Å²) in [5.74, 6) is -1.08. The van der Waals surface area contributed by atoms with Gasteiger partial charge in [-0.1, -0.05) is 17.7 Å². The van der Waals surface area contributed by atoms with Crippen LogP contribution in [0.15, 0.2) is 47.4 Å². The molecule has 2 aromatic carbocycles. The van der Waals surface area contributed by atoms with E-state index < -0.39 is 23.4 Å². The van der Waals surface area contributed by atoms with Crippen LogP contribution in [0.5, 0.6) is 0 Å². The standard InChI is InChI=1S/C17H15ClN2O5S/c1-11-2-7-15(14(18)8-11)19-16(21)9-25-17(22)10-26-13-5-3-12(4-6-13)20(23)24/h2-8H,9-10H2,1H3,(H,19,21). The number of carbonyl (C=O) groups excluding carboxylic acids is 2. The highest BCUT2D eigenvalue weighted by Crippen LogP contribution is 2.23. The molecule has 2 rings (SSSR count). The van der Waals surface area contributed by atoms with Crippen molar-refractivity contribution in [3.05, 3.63) is 63.2 Å². The first-order valence-corrected chi connectivity index (χ1v) is 8.80. The Balaban J connectivity index is 1.75. The molecular weight excluding hydrogens is 380 g/mol. The molecule has 7 nitrogen and oxygen atoms in total. The smallest absolute Gasteiger partial charge is 0.316 e. The number of nitro groups is 1. The first kappa shape index (κ1) is 19.7. The maximum absolute atomic E-state index is 11.8. The van der Waals surface area contributed by atoms with Gasteiger partial charge < -0.3 is 10.1 Å². The number of halogens is 1. The number of non-ortho nitro benzene ring substituents is 1. The van der Waals surface area contributed by atoms with Gasteiger partial charge in [0.15, 0.2) is 6.61 Å². The lowest BCUT2D eigenvalue weighted by atomic mass is 10.2. The third-order valence-corrected chi connectivity index (χ3v) is 4.47. The Hall–Kier alpha value is -2.58. The van der Waals surface area contributed by atoms with Gasteiger partial charge in [0, 0.05) is 17.0 Å². The second kappa shape index (κ2) is 9.21. The fraction of sp³-hybridized carbons (Fsp3) is 0.176. The molecule has 1 N–H and O–H groups in total. The first-order chi connectivity index (χ1) is 12.3. The van der Waals surface area contributed by atoms with Gasteiger partial charge in [-0.05, 0) is 36.8 Å². The number of esters is 1. The molecule has 0 aromatic heterocycles. The van der Waals surface area contributed by atoms with Crippen LogP contribution in [0.3, 0.4) is 0 Å². The quantitative estimate of drug-likeness (QED) is 0.331. The van der Waals surface area contributed by atoms with Crippen LogP contribution in [0, 0.1) is 17.0 Å². The number of nitrogens with zero attached hydrogens (tertiary/aromatic N) is 1. The van der Waals surface area contributed by atoms with Crippen molar-refractivity contribution < 1.29 is 19.2 Å². The molecule has 2 aromatic rings. The zero-order valence-corrected chi connectivity index (χ0v) is 15.3. The summed E-state index contributed by atoms with van der Waals surface area (Å²) in [6.07, 6.45) is 0. The average molecular weight is 395 g/mol. The summed E-state index contributed by atoms with van der Waals surface area (Å²) >= 11 is 7.18. The maximum Gasteiger partial charge on any atom is 0.316 e. The zero-order valence-electron chi connectivity index (χ0n) is 13.7. The lowest BCUT2D eigenvalue weighted by Crippen LogP contribution is -2.21. The molecule has 0 aliphatic heterocycles. The van der Waals surface area contributed by atoms with E-state index in [2.05, 4.69) is 5.32 Å². The predicted molar refractivity (Wildman–Crippen MR) is 99.6 cm³/mol. The molecule has 0 heterocycles. The minimum Gasteiger partial charge on any atom is -0.455 e. The second-order valence-electron chi connectivity index (χ2n) is 5.23. The van der Waals surface area contributed by atoms with Crippen molar-refractivity contribution in [1.82, 2.24) is 0 Å². The Kier molecular flexibility index (Phi) is 6.99.